The van der Waals surface area contributed by atoms with Crippen LogP contribution in [-0.2, 0) is 32.7 Å². The van der Waals surface area contributed by atoms with Crippen molar-refractivity contribution >= 4 is 19.8 Å². The van der Waals surface area contributed by atoms with Crippen molar-refractivity contribution in [3.05, 3.63) is 60.8 Å². The summed E-state index contributed by atoms with van der Waals surface area (Å²) in [5.74, 6) is -1.20. The van der Waals surface area contributed by atoms with Crippen LogP contribution in [0.4, 0.5) is 0 Å². The summed E-state index contributed by atoms with van der Waals surface area (Å²) >= 11 is 0. The van der Waals surface area contributed by atoms with Crippen molar-refractivity contribution in [1.29, 1.82) is 0 Å². The monoisotopic (exact) mass is 857 g/mol. The Labute approximate surface area is 353 Å². The number of hydrogen-bond acceptors (Lipinski definition) is 12. The van der Waals surface area contributed by atoms with Gasteiger partial charge in [0.05, 0.1) is 6.61 Å². The number of esters is 2. The average Bonchev–Trinajstić information content (AvgIpc) is 3.21. The molecule has 0 spiro atoms. The summed E-state index contributed by atoms with van der Waals surface area (Å²) in [7, 11) is -5.14. The zero-order chi connectivity index (χ0) is 43.6. The smallest absolute Gasteiger partial charge is 0.462 e. The van der Waals surface area contributed by atoms with Crippen LogP contribution >= 0.6 is 7.82 Å². The number of aliphatic hydroxyl groups is 5. The molecule has 6 unspecified atom stereocenters. The van der Waals surface area contributed by atoms with E-state index in [1.807, 2.05) is 18.2 Å². The van der Waals surface area contributed by atoms with Crippen LogP contribution < -0.4 is 0 Å². The fourth-order valence-corrected chi connectivity index (χ4v) is 7.25. The number of hydrogen-bond donors (Lipinski definition) is 6. The fourth-order valence-electron chi connectivity index (χ4n) is 6.28. The number of ether oxygens (including phenoxy) is 2. The first-order valence-corrected chi connectivity index (χ1v) is 23.6. The molecule has 0 aromatic rings. The molecule has 1 rings (SSSR count). The Morgan fingerprint density at radius 3 is 1.42 bits per heavy atom. The van der Waals surface area contributed by atoms with Gasteiger partial charge in [-0.15, -0.1) is 0 Å². The Balaban J connectivity index is 2.55. The molecule has 0 heterocycles. The molecule has 0 bridgehead atoms. The number of carbonyl (C=O) groups is 2. The van der Waals surface area contributed by atoms with Crippen LogP contribution in [0.5, 0.6) is 0 Å². The van der Waals surface area contributed by atoms with E-state index < -0.39 is 75.7 Å². The molecule has 0 aromatic heterocycles. The molecule has 0 aromatic carbocycles. The van der Waals surface area contributed by atoms with Gasteiger partial charge in [0.2, 0.25) is 0 Å². The summed E-state index contributed by atoms with van der Waals surface area (Å²) in [5.41, 5.74) is 0. The predicted molar refractivity (Wildman–Crippen MR) is 230 cm³/mol. The zero-order valence-electron chi connectivity index (χ0n) is 35.8. The topological polar surface area (TPSA) is 210 Å². The van der Waals surface area contributed by atoms with Crippen LogP contribution in [-0.4, -0.2) is 98.3 Å². The second kappa shape index (κ2) is 35.2. The van der Waals surface area contributed by atoms with Crippen LogP contribution in [0.25, 0.3) is 0 Å². The molecule has 0 radical (unpaired) electrons. The highest BCUT2D eigenvalue weighted by Gasteiger charge is 2.51. The molecule has 0 amide bonds. The Morgan fingerprint density at radius 1 is 0.525 bits per heavy atom. The normalized spacial score (nSPS) is 22.9. The van der Waals surface area contributed by atoms with Crippen LogP contribution in [0.15, 0.2) is 60.8 Å². The van der Waals surface area contributed by atoms with E-state index in [1.54, 1.807) is 0 Å². The van der Waals surface area contributed by atoms with Gasteiger partial charge in [0.15, 0.2) is 6.10 Å². The summed E-state index contributed by atoms with van der Waals surface area (Å²) in [5, 5.41) is 50.1. The number of unbranched alkanes of at least 4 members (excludes halogenated alkanes) is 13. The van der Waals surface area contributed by atoms with Gasteiger partial charge in [-0.25, -0.2) is 4.57 Å². The highest BCUT2D eigenvalue weighted by molar-refractivity contribution is 7.47. The highest BCUT2D eigenvalue weighted by Crippen LogP contribution is 2.47. The molecule has 6 atom stereocenters. The minimum absolute atomic E-state index is 0.0277. The number of allylic oxidation sites excluding steroid dienone is 10. The van der Waals surface area contributed by atoms with E-state index in [1.165, 1.54) is 57.8 Å². The van der Waals surface area contributed by atoms with E-state index in [9.17, 15) is 44.6 Å². The molecule has 1 saturated carbocycles. The van der Waals surface area contributed by atoms with E-state index in [-0.39, 0.29) is 12.8 Å². The maximum atomic E-state index is 12.8. The minimum atomic E-state index is -5.14. The largest absolute Gasteiger partial charge is 0.472 e. The lowest BCUT2D eigenvalue weighted by Gasteiger charge is -2.41. The lowest BCUT2D eigenvalue weighted by atomic mass is 9.85. The lowest BCUT2D eigenvalue weighted by molar-refractivity contribution is -0.220. The van der Waals surface area contributed by atoms with Gasteiger partial charge in [-0.3, -0.25) is 18.6 Å². The van der Waals surface area contributed by atoms with Gasteiger partial charge in [0, 0.05) is 12.8 Å². The van der Waals surface area contributed by atoms with Crippen molar-refractivity contribution in [1.82, 2.24) is 0 Å². The van der Waals surface area contributed by atoms with Gasteiger partial charge >= 0.3 is 19.8 Å². The minimum Gasteiger partial charge on any atom is -0.462 e. The van der Waals surface area contributed by atoms with Gasteiger partial charge < -0.3 is 39.9 Å². The standard InChI is InChI=1S/C45H77O13P/c1-3-5-7-9-11-13-15-17-18-19-20-22-24-26-28-30-32-34-39(47)57-37(36-56-59(53,54)58-45-43(51)41(49)40(48)42(50)44(45)52)35-55-38(46)33-31-29-27-25-23-21-16-14-12-10-8-6-4-2/h7,9,13,15,18-19,22,24,28,30,37,40-45,48-52H,3-6,8,10-12,14,16-17,20-21,23,25-27,29,31-36H2,1-2H3,(H,53,54). The van der Waals surface area contributed by atoms with Gasteiger partial charge in [-0.1, -0.05) is 158 Å². The Morgan fingerprint density at radius 2 is 0.949 bits per heavy atom. The third-order valence-electron chi connectivity index (χ3n) is 9.86. The van der Waals surface area contributed by atoms with Crippen LogP contribution in [0, 0.1) is 0 Å². The van der Waals surface area contributed by atoms with Crippen molar-refractivity contribution < 1.29 is 63.1 Å². The number of phosphoric acid groups is 1. The van der Waals surface area contributed by atoms with Crippen molar-refractivity contribution in [2.75, 3.05) is 13.2 Å². The van der Waals surface area contributed by atoms with Gasteiger partial charge in [0.1, 0.15) is 43.2 Å². The molecular weight excluding hydrogens is 779 g/mol. The zero-order valence-corrected chi connectivity index (χ0v) is 36.7. The number of aliphatic hydroxyl groups excluding tert-OH is 5. The molecule has 1 aliphatic rings. The van der Waals surface area contributed by atoms with Crippen molar-refractivity contribution in [2.45, 2.75) is 198 Å². The first kappa shape index (κ1) is 54.6. The molecule has 0 aliphatic heterocycles. The first-order chi connectivity index (χ1) is 28.4. The van der Waals surface area contributed by atoms with Gasteiger partial charge in [0.25, 0.3) is 0 Å². The third kappa shape index (κ3) is 27.9. The predicted octanol–water partition coefficient (Wildman–Crippen LogP) is 8.16. The van der Waals surface area contributed by atoms with E-state index in [0.717, 1.165) is 51.4 Å². The third-order valence-corrected chi connectivity index (χ3v) is 10.8. The first-order valence-electron chi connectivity index (χ1n) is 22.1. The molecule has 340 valence electrons. The van der Waals surface area contributed by atoms with Gasteiger partial charge in [-0.05, 0) is 44.9 Å². The number of rotatable bonds is 35. The molecule has 0 saturated heterocycles. The number of carbonyl (C=O) groups excluding carboxylic acids is 2. The molecular formula is C45H77O13P. The molecule has 13 nitrogen and oxygen atoms in total. The Hall–Kier alpha value is -2.45. The van der Waals surface area contributed by atoms with Gasteiger partial charge in [-0.2, -0.15) is 0 Å². The molecule has 14 heteroatoms. The fraction of sp³-hybridized carbons (Fsp3) is 0.733. The van der Waals surface area contributed by atoms with E-state index >= 15 is 0 Å². The Bertz CT molecular complexity index is 1270. The van der Waals surface area contributed by atoms with E-state index in [0.29, 0.717) is 19.3 Å². The highest BCUT2D eigenvalue weighted by atomic mass is 31.2. The van der Waals surface area contributed by atoms with Crippen LogP contribution in [0.3, 0.4) is 0 Å². The molecule has 6 N–H and O–H groups in total. The maximum Gasteiger partial charge on any atom is 0.472 e. The van der Waals surface area contributed by atoms with Crippen molar-refractivity contribution in [3.63, 3.8) is 0 Å². The lowest BCUT2D eigenvalue weighted by Crippen LogP contribution is -2.64. The molecule has 59 heavy (non-hydrogen) atoms. The summed E-state index contributed by atoms with van der Waals surface area (Å²) in [6.45, 7) is 3.15. The maximum absolute atomic E-state index is 12.8. The average molecular weight is 857 g/mol. The summed E-state index contributed by atoms with van der Waals surface area (Å²) in [6, 6.07) is 0. The van der Waals surface area contributed by atoms with E-state index in [2.05, 4.69) is 56.4 Å². The SMILES string of the molecule is CCCC=CCC=CCC=CCC=CCC=CCCC(=O)OC(COC(=O)CCCCCCCCCCCCCCC)COP(=O)(O)OC1C(O)C(O)C(O)C(O)C1O. The summed E-state index contributed by atoms with van der Waals surface area (Å²) in [6.07, 6.45) is 28.6. The quantitative estimate of drug-likeness (QED) is 0.0154. The second-order valence-electron chi connectivity index (χ2n) is 15.2. The van der Waals surface area contributed by atoms with E-state index in [4.69, 9.17) is 18.5 Å². The molecule has 1 aliphatic carbocycles. The summed E-state index contributed by atoms with van der Waals surface area (Å²) in [4.78, 5) is 35.6. The molecule has 1 fully saturated rings. The van der Waals surface area contributed by atoms with Crippen molar-refractivity contribution in [3.8, 4) is 0 Å². The van der Waals surface area contributed by atoms with Crippen molar-refractivity contribution in [2.24, 2.45) is 0 Å². The van der Waals surface area contributed by atoms with Crippen LogP contribution in [0.2, 0.25) is 0 Å². The summed E-state index contributed by atoms with van der Waals surface area (Å²) < 4.78 is 33.4. The number of phosphoric ester groups is 1. The van der Waals surface area contributed by atoms with Crippen LogP contribution in [0.1, 0.15) is 155 Å². The second-order valence-corrected chi connectivity index (χ2v) is 16.6. The Kier molecular flexibility index (Phi) is 32.5.